The van der Waals surface area contributed by atoms with E-state index in [1.54, 1.807) is 62.4 Å². The van der Waals surface area contributed by atoms with Crippen LogP contribution in [0.2, 0.25) is 0 Å². The van der Waals surface area contributed by atoms with Gasteiger partial charge in [0.2, 0.25) is 0 Å². The Morgan fingerprint density at radius 3 is 2.10 bits per heavy atom. The van der Waals surface area contributed by atoms with E-state index in [1.807, 2.05) is 24.3 Å². The number of hydrogen-bond donors (Lipinski definition) is 1. The van der Waals surface area contributed by atoms with Crippen molar-refractivity contribution in [1.29, 1.82) is 0 Å². The predicted molar refractivity (Wildman–Crippen MR) is 113 cm³/mol. The second-order valence-electron chi connectivity index (χ2n) is 6.81. The molecule has 0 radical (unpaired) electrons. The molecular formula is C23H23O5P. The summed E-state index contributed by atoms with van der Waals surface area (Å²) in [5, 5.41) is 0. The third kappa shape index (κ3) is 5.80. The van der Waals surface area contributed by atoms with Crippen LogP contribution in [0.5, 0.6) is 11.5 Å². The monoisotopic (exact) mass is 410 g/mol. The Kier molecular flexibility index (Phi) is 6.53. The molecule has 1 atom stereocenters. The summed E-state index contributed by atoms with van der Waals surface area (Å²) in [6, 6.07) is 21.3. The fraction of sp³-hybridized carbons (Fsp3) is 0.174. The number of carbonyl (C=O) groups is 1. The number of ketones is 1. The Morgan fingerprint density at radius 2 is 1.48 bits per heavy atom. The van der Waals surface area contributed by atoms with Crippen molar-refractivity contribution >= 4 is 13.6 Å². The van der Waals surface area contributed by atoms with Crippen LogP contribution in [0.15, 0.2) is 72.8 Å². The maximum Gasteiger partial charge on any atom is 0.584 e. The van der Waals surface area contributed by atoms with Crippen LogP contribution in [0, 0.1) is 13.8 Å². The highest BCUT2D eigenvalue weighted by Gasteiger charge is 2.26. The molecule has 3 aromatic rings. The van der Waals surface area contributed by atoms with Crippen LogP contribution in [-0.2, 0) is 11.0 Å². The largest absolute Gasteiger partial charge is 0.584 e. The van der Waals surface area contributed by atoms with Gasteiger partial charge in [-0.05, 0) is 49.1 Å². The fourth-order valence-corrected chi connectivity index (χ4v) is 3.90. The number of carbonyl (C=O) groups excluding carboxylic acids is 1. The first kappa shape index (κ1) is 20.8. The molecule has 1 unspecified atom stereocenters. The van der Waals surface area contributed by atoms with Gasteiger partial charge in [-0.1, -0.05) is 60.7 Å². The zero-order valence-corrected chi connectivity index (χ0v) is 17.3. The van der Waals surface area contributed by atoms with E-state index in [1.165, 1.54) is 0 Å². The summed E-state index contributed by atoms with van der Waals surface area (Å²) < 4.78 is 22.8. The molecule has 1 N–H and O–H groups in total. The second kappa shape index (κ2) is 9.08. The van der Waals surface area contributed by atoms with Gasteiger partial charge in [-0.2, -0.15) is 0 Å². The minimum atomic E-state index is -4.33. The number of aryl methyl sites for hydroxylation is 3. The lowest BCUT2D eigenvalue weighted by Gasteiger charge is -2.17. The molecule has 0 aromatic heterocycles. The van der Waals surface area contributed by atoms with Crippen molar-refractivity contribution in [2.45, 2.75) is 26.7 Å². The molecule has 29 heavy (non-hydrogen) atoms. The zero-order valence-electron chi connectivity index (χ0n) is 16.4. The van der Waals surface area contributed by atoms with E-state index >= 15 is 0 Å². The molecule has 0 heterocycles. The molecule has 0 aliphatic carbocycles. The van der Waals surface area contributed by atoms with Gasteiger partial charge in [0.15, 0.2) is 5.78 Å². The molecule has 3 aromatic carbocycles. The van der Waals surface area contributed by atoms with Gasteiger partial charge in [0.05, 0.1) is 0 Å². The lowest BCUT2D eigenvalue weighted by atomic mass is 10.0. The summed E-state index contributed by atoms with van der Waals surface area (Å²) in [4.78, 5) is 22.3. The molecular weight excluding hydrogens is 387 g/mol. The lowest BCUT2D eigenvalue weighted by molar-refractivity contribution is 0.0983. The normalized spacial score (nSPS) is 12.8. The number of Topliss-reactive ketones (excluding diaryl/α,β-unsaturated/α-hetero) is 1. The van der Waals surface area contributed by atoms with Crippen molar-refractivity contribution in [3.05, 3.63) is 95.1 Å². The molecule has 0 fully saturated rings. The van der Waals surface area contributed by atoms with Gasteiger partial charge in [0.1, 0.15) is 11.5 Å². The van der Waals surface area contributed by atoms with E-state index in [9.17, 15) is 14.3 Å². The highest BCUT2D eigenvalue weighted by molar-refractivity contribution is 7.48. The van der Waals surface area contributed by atoms with E-state index in [4.69, 9.17) is 9.05 Å². The summed E-state index contributed by atoms with van der Waals surface area (Å²) in [6.07, 6.45) is 0.960. The molecule has 0 saturated heterocycles. The molecule has 0 saturated carbocycles. The molecule has 0 bridgehead atoms. The first-order valence-electron chi connectivity index (χ1n) is 9.29. The van der Waals surface area contributed by atoms with E-state index in [-0.39, 0.29) is 11.5 Å². The van der Waals surface area contributed by atoms with Gasteiger partial charge in [0.25, 0.3) is 0 Å². The second-order valence-corrected chi connectivity index (χ2v) is 8.11. The number of phosphoric ester groups is 1. The predicted octanol–water partition coefficient (Wildman–Crippen LogP) is 5.68. The van der Waals surface area contributed by atoms with Crippen LogP contribution in [0.3, 0.4) is 0 Å². The molecule has 0 aliphatic heterocycles. The molecule has 6 heteroatoms. The Labute approximate surface area is 170 Å². The summed E-state index contributed by atoms with van der Waals surface area (Å²) in [5.74, 6) is 0.641. The Morgan fingerprint density at radius 1 is 0.862 bits per heavy atom. The fourth-order valence-electron chi connectivity index (χ4n) is 2.95. The summed E-state index contributed by atoms with van der Waals surface area (Å²) in [5.41, 5.74) is 3.13. The van der Waals surface area contributed by atoms with Crippen LogP contribution >= 0.6 is 7.82 Å². The molecule has 0 amide bonds. The van der Waals surface area contributed by atoms with Crippen LogP contribution in [-0.4, -0.2) is 10.7 Å². The van der Waals surface area contributed by atoms with Crippen LogP contribution < -0.4 is 9.05 Å². The summed E-state index contributed by atoms with van der Waals surface area (Å²) in [6.45, 7) is 3.60. The van der Waals surface area contributed by atoms with Crippen LogP contribution in [0.4, 0.5) is 0 Å². The Hall–Kier alpha value is -2.88. The van der Waals surface area contributed by atoms with Gasteiger partial charge in [0, 0.05) is 12.0 Å². The smallest absolute Gasteiger partial charge is 0.395 e. The minimum absolute atomic E-state index is 0.0767. The van der Waals surface area contributed by atoms with Crippen molar-refractivity contribution in [3.8, 4) is 11.5 Å². The van der Waals surface area contributed by atoms with Gasteiger partial charge in [-0.15, -0.1) is 0 Å². The molecule has 0 aliphatic rings. The molecule has 5 nitrogen and oxygen atoms in total. The average Bonchev–Trinajstić information content (AvgIpc) is 2.70. The first-order chi connectivity index (χ1) is 13.8. The average molecular weight is 410 g/mol. The van der Waals surface area contributed by atoms with Crippen molar-refractivity contribution in [2.24, 2.45) is 0 Å². The van der Waals surface area contributed by atoms with Crippen molar-refractivity contribution < 1.29 is 23.3 Å². The summed E-state index contributed by atoms with van der Waals surface area (Å²) >= 11 is 0. The van der Waals surface area contributed by atoms with Gasteiger partial charge >= 0.3 is 7.82 Å². The maximum atomic E-state index is 12.4. The van der Waals surface area contributed by atoms with E-state index in [0.717, 1.165) is 16.7 Å². The quantitative estimate of drug-likeness (QED) is 0.382. The summed E-state index contributed by atoms with van der Waals surface area (Å²) in [7, 11) is -4.33. The van der Waals surface area contributed by atoms with E-state index < -0.39 is 7.82 Å². The van der Waals surface area contributed by atoms with Crippen molar-refractivity contribution in [3.63, 3.8) is 0 Å². The van der Waals surface area contributed by atoms with Gasteiger partial charge in [-0.25, -0.2) is 4.57 Å². The highest BCUT2D eigenvalue weighted by Crippen LogP contribution is 2.46. The third-order valence-corrected chi connectivity index (χ3v) is 5.35. The third-order valence-electron chi connectivity index (χ3n) is 4.50. The van der Waals surface area contributed by atoms with Crippen LogP contribution in [0.1, 0.15) is 33.5 Å². The lowest BCUT2D eigenvalue weighted by Crippen LogP contribution is -2.03. The number of para-hydroxylation sites is 1. The van der Waals surface area contributed by atoms with Gasteiger partial charge in [-0.3, -0.25) is 9.69 Å². The van der Waals surface area contributed by atoms with Crippen LogP contribution in [0.25, 0.3) is 0 Å². The minimum Gasteiger partial charge on any atom is -0.395 e. The first-order valence-corrected chi connectivity index (χ1v) is 10.8. The van der Waals surface area contributed by atoms with Crippen molar-refractivity contribution in [1.82, 2.24) is 0 Å². The number of phosphoric acid groups is 1. The highest BCUT2D eigenvalue weighted by atomic mass is 31.2. The molecule has 3 rings (SSSR count). The SMILES string of the molecule is Cc1cccc(C)c1OP(=O)(O)Oc1ccc(CCC(=O)c2ccccc2)cc1. The topological polar surface area (TPSA) is 72.8 Å². The number of hydrogen-bond acceptors (Lipinski definition) is 4. The number of rotatable bonds is 8. The van der Waals surface area contributed by atoms with E-state index in [0.29, 0.717) is 24.2 Å². The maximum absolute atomic E-state index is 12.4. The zero-order chi connectivity index (χ0) is 20.9. The van der Waals surface area contributed by atoms with Gasteiger partial charge < -0.3 is 9.05 Å². The molecule has 150 valence electrons. The number of benzene rings is 3. The van der Waals surface area contributed by atoms with E-state index in [2.05, 4.69) is 0 Å². The standard InChI is InChI=1S/C23H23O5P/c1-17-7-6-8-18(2)23(17)28-29(25,26)27-21-14-11-19(12-15-21)13-16-22(24)20-9-4-3-5-10-20/h3-12,14-15H,13,16H2,1-2H3,(H,25,26). The Bertz CT molecular complexity index is 1010. The molecule has 0 spiro atoms. The van der Waals surface area contributed by atoms with Crippen molar-refractivity contribution in [2.75, 3.05) is 0 Å². The Balaban J connectivity index is 1.60.